The van der Waals surface area contributed by atoms with Crippen LogP contribution in [0.4, 0.5) is 0 Å². The molecule has 0 aromatic heterocycles. The third-order valence-corrected chi connectivity index (χ3v) is 4.07. The van der Waals surface area contributed by atoms with E-state index in [0.29, 0.717) is 0 Å². The largest absolute Gasteiger partial charge is 0.314 e. The molecule has 0 radical (unpaired) electrons. The van der Waals surface area contributed by atoms with Crippen molar-refractivity contribution >= 4 is 0 Å². The SMILES string of the molecule is CC(C)C1CCCCC1CNC1CC1. The van der Waals surface area contributed by atoms with Gasteiger partial charge in [0.15, 0.2) is 0 Å². The van der Waals surface area contributed by atoms with Crippen molar-refractivity contribution in [2.75, 3.05) is 6.54 Å². The highest BCUT2D eigenvalue weighted by Crippen LogP contribution is 2.35. The summed E-state index contributed by atoms with van der Waals surface area (Å²) in [4.78, 5) is 0. The molecule has 0 amide bonds. The first kappa shape index (κ1) is 10.5. The van der Waals surface area contributed by atoms with Crippen molar-refractivity contribution in [3.05, 3.63) is 0 Å². The molecular weight excluding hydrogens is 170 g/mol. The normalized spacial score (nSPS) is 33.6. The molecule has 1 heteroatoms. The lowest BCUT2D eigenvalue weighted by atomic mass is 9.73. The molecule has 0 saturated heterocycles. The van der Waals surface area contributed by atoms with Gasteiger partial charge in [-0.2, -0.15) is 0 Å². The first-order valence-corrected chi connectivity index (χ1v) is 6.50. The van der Waals surface area contributed by atoms with Crippen molar-refractivity contribution in [1.82, 2.24) is 5.32 Å². The van der Waals surface area contributed by atoms with E-state index in [1.807, 2.05) is 0 Å². The van der Waals surface area contributed by atoms with Crippen molar-refractivity contribution in [3.63, 3.8) is 0 Å². The van der Waals surface area contributed by atoms with Crippen LogP contribution in [0.15, 0.2) is 0 Å². The van der Waals surface area contributed by atoms with Crippen LogP contribution < -0.4 is 5.32 Å². The van der Waals surface area contributed by atoms with Gasteiger partial charge in [-0.25, -0.2) is 0 Å². The number of nitrogens with one attached hydrogen (secondary N) is 1. The van der Waals surface area contributed by atoms with Gasteiger partial charge in [0.2, 0.25) is 0 Å². The van der Waals surface area contributed by atoms with E-state index >= 15 is 0 Å². The van der Waals surface area contributed by atoms with Gasteiger partial charge in [-0.1, -0.05) is 26.7 Å². The minimum Gasteiger partial charge on any atom is -0.314 e. The summed E-state index contributed by atoms with van der Waals surface area (Å²) >= 11 is 0. The maximum absolute atomic E-state index is 3.71. The van der Waals surface area contributed by atoms with Crippen molar-refractivity contribution < 1.29 is 0 Å². The molecule has 0 aliphatic heterocycles. The maximum Gasteiger partial charge on any atom is 0.00683 e. The molecule has 1 N–H and O–H groups in total. The molecule has 82 valence electrons. The minimum absolute atomic E-state index is 0.890. The Morgan fingerprint density at radius 3 is 2.43 bits per heavy atom. The van der Waals surface area contributed by atoms with E-state index in [2.05, 4.69) is 19.2 Å². The first-order chi connectivity index (χ1) is 6.77. The molecule has 0 heterocycles. The van der Waals surface area contributed by atoms with Gasteiger partial charge in [-0.3, -0.25) is 0 Å². The standard InChI is InChI=1S/C13H25N/c1-10(2)13-6-4-3-5-11(13)9-14-12-7-8-12/h10-14H,3-9H2,1-2H3. The highest BCUT2D eigenvalue weighted by Gasteiger charge is 2.29. The zero-order chi connectivity index (χ0) is 9.97. The Hall–Kier alpha value is -0.0400. The van der Waals surface area contributed by atoms with E-state index in [1.165, 1.54) is 45.1 Å². The Bertz CT molecular complexity index is 172. The van der Waals surface area contributed by atoms with Crippen LogP contribution >= 0.6 is 0 Å². The highest BCUT2D eigenvalue weighted by molar-refractivity contribution is 4.85. The number of rotatable bonds is 4. The lowest BCUT2D eigenvalue weighted by Crippen LogP contribution is -2.33. The molecule has 0 spiro atoms. The molecule has 2 atom stereocenters. The van der Waals surface area contributed by atoms with Crippen molar-refractivity contribution in [2.45, 2.75) is 58.4 Å². The average molecular weight is 195 g/mol. The van der Waals surface area contributed by atoms with Crippen LogP contribution in [0.3, 0.4) is 0 Å². The van der Waals surface area contributed by atoms with Gasteiger partial charge in [-0.15, -0.1) is 0 Å². The van der Waals surface area contributed by atoms with Crippen LogP contribution in [0.2, 0.25) is 0 Å². The van der Waals surface area contributed by atoms with Crippen LogP contribution in [0.25, 0.3) is 0 Å². The lowest BCUT2D eigenvalue weighted by molar-refractivity contribution is 0.176. The molecule has 14 heavy (non-hydrogen) atoms. The first-order valence-electron chi connectivity index (χ1n) is 6.50. The van der Waals surface area contributed by atoms with Crippen LogP contribution in [-0.4, -0.2) is 12.6 Å². The van der Waals surface area contributed by atoms with Gasteiger partial charge >= 0.3 is 0 Å². The molecule has 1 nitrogen and oxygen atoms in total. The summed E-state index contributed by atoms with van der Waals surface area (Å²) in [5, 5.41) is 3.71. The Morgan fingerprint density at radius 2 is 1.79 bits per heavy atom. The maximum atomic E-state index is 3.71. The highest BCUT2D eigenvalue weighted by atomic mass is 14.9. The van der Waals surface area contributed by atoms with Crippen molar-refractivity contribution in [1.29, 1.82) is 0 Å². The minimum atomic E-state index is 0.890. The summed E-state index contributed by atoms with van der Waals surface area (Å²) in [5.74, 6) is 2.86. The van der Waals surface area contributed by atoms with E-state index in [-0.39, 0.29) is 0 Å². The molecule has 2 unspecified atom stereocenters. The fraction of sp³-hybridized carbons (Fsp3) is 1.00. The van der Waals surface area contributed by atoms with E-state index in [9.17, 15) is 0 Å². The molecule has 2 aliphatic carbocycles. The molecule has 2 fully saturated rings. The zero-order valence-corrected chi connectivity index (χ0v) is 9.76. The van der Waals surface area contributed by atoms with Gasteiger partial charge in [-0.05, 0) is 50.0 Å². The molecule has 0 bridgehead atoms. The number of hydrogen-bond acceptors (Lipinski definition) is 1. The molecule has 0 aromatic rings. The van der Waals surface area contributed by atoms with Crippen molar-refractivity contribution in [2.24, 2.45) is 17.8 Å². The molecule has 0 aromatic carbocycles. The quantitative estimate of drug-likeness (QED) is 0.726. The second-order valence-corrected chi connectivity index (χ2v) is 5.63. The Balaban J connectivity index is 1.78. The summed E-state index contributed by atoms with van der Waals surface area (Å²) in [7, 11) is 0. The Morgan fingerprint density at radius 1 is 1.07 bits per heavy atom. The third-order valence-electron chi connectivity index (χ3n) is 4.07. The topological polar surface area (TPSA) is 12.0 Å². The van der Waals surface area contributed by atoms with Gasteiger partial charge < -0.3 is 5.32 Å². The Kier molecular flexibility index (Phi) is 3.48. The smallest absolute Gasteiger partial charge is 0.00683 e. The van der Waals surface area contributed by atoms with Crippen LogP contribution in [0.1, 0.15) is 52.4 Å². The van der Waals surface area contributed by atoms with Gasteiger partial charge in [0, 0.05) is 6.04 Å². The summed E-state index contributed by atoms with van der Waals surface area (Å²) in [6.45, 7) is 6.10. The second kappa shape index (κ2) is 4.65. The summed E-state index contributed by atoms with van der Waals surface area (Å²) in [5.41, 5.74) is 0. The predicted octanol–water partition coefficient (Wildman–Crippen LogP) is 3.20. The second-order valence-electron chi connectivity index (χ2n) is 5.63. The number of hydrogen-bond donors (Lipinski definition) is 1. The van der Waals surface area contributed by atoms with E-state index in [4.69, 9.17) is 0 Å². The van der Waals surface area contributed by atoms with Crippen LogP contribution in [-0.2, 0) is 0 Å². The van der Waals surface area contributed by atoms with E-state index in [1.54, 1.807) is 0 Å². The average Bonchev–Trinajstić information content (AvgIpc) is 2.98. The van der Waals surface area contributed by atoms with Crippen LogP contribution in [0.5, 0.6) is 0 Å². The summed E-state index contributed by atoms with van der Waals surface area (Å²) in [6.07, 6.45) is 8.76. The molecular formula is C13H25N. The van der Waals surface area contributed by atoms with Crippen molar-refractivity contribution in [3.8, 4) is 0 Å². The fourth-order valence-electron chi connectivity index (χ4n) is 2.97. The predicted molar refractivity (Wildman–Crippen MR) is 61.3 cm³/mol. The zero-order valence-electron chi connectivity index (χ0n) is 9.76. The lowest BCUT2D eigenvalue weighted by Gasteiger charge is -2.34. The monoisotopic (exact) mass is 195 g/mol. The molecule has 2 rings (SSSR count). The summed E-state index contributed by atoms with van der Waals surface area (Å²) < 4.78 is 0. The van der Waals surface area contributed by atoms with E-state index < -0.39 is 0 Å². The van der Waals surface area contributed by atoms with Gasteiger partial charge in [0.05, 0.1) is 0 Å². The van der Waals surface area contributed by atoms with Crippen LogP contribution in [0, 0.1) is 17.8 Å². The van der Waals surface area contributed by atoms with Gasteiger partial charge in [0.1, 0.15) is 0 Å². The molecule has 2 aliphatic rings. The molecule has 2 saturated carbocycles. The Labute approximate surface area is 88.7 Å². The fourth-order valence-corrected chi connectivity index (χ4v) is 2.97. The summed E-state index contributed by atoms with van der Waals surface area (Å²) in [6, 6.07) is 0.893. The third kappa shape index (κ3) is 2.73. The van der Waals surface area contributed by atoms with E-state index in [0.717, 1.165) is 23.8 Å². The van der Waals surface area contributed by atoms with Gasteiger partial charge in [0.25, 0.3) is 0 Å².